The Labute approximate surface area is 108 Å². The van der Waals surface area contributed by atoms with Crippen LogP contribution in [0.2, 0.25) is 0 Å². The van der Waals surface area contributed by atoms with Gasteiger partial charge in [0.15, 0.2) is 5.82 Å². The van der Waals surface area contributed by atoms with Gasteiger partial charge in [0.2, 0.25) is 0 Å². The van der Waals surface area contributed by atoms with Crippen molar-refractivity contribution in [2.24, 2.45) is 0 Å². The number of rotatable bonds is 3. The second-order valence-electron chi connectivity index (χ2n) is 4.54. The van der Waals surface area contributed by atoms with E-state index in [2.05, 4.69) is 15.5 Å². The molecule has 102 valence electrons. The maximum atomic E-state index is 12.3. The molecule has 1 aromatic heterocycles. The predicted octanol–water partition coefficient (Wildman–Crippen LogP) is 3.69. The van der Waals surface area contributed by atoms with Crippen molar-refractivity contribution in [1.29, 1.82) is 0 Å². The predicted molar refractivity (Wildman–Crippen MR) is 68.0 cm³/mol. The number of hydrogen-bond acceptors (Lipinski definition) is 3. The molecular formula is C13H14F3N3. The van der Waals surface area contributed by atoms with E-state index in [-0.39, 0.29) is 0 Å². The van der Waals surface area contributed by atoms with Crippen LogP contribution in [0.3, 0.4) is 0 Å². The Morgan fingerprint density at radius 2 is 1.79 bits per heavy atom. The molecule has 0 amide bonds. The van der Waals surface area contributed by atoms with E-state index >= 15 is 0 Å². The van der Waals surface area contributed by atoms with Crippen molar-refractivity contribution < 1.29 is 13.2 Å². The molecule has 1 heterocycles. The number of nitrogens with zero attached hydrogens (tertiary/aromatic N) is 2. The number of benzene rings is 1. The lowest BCUT2D eigenvalue weighted by molar-refractivity contribution is -0.136. The molecule has 0 saturated heterocycles. The molecule has 19 heavy (non-hydrogen) atoms. The third-order valence-corrected chi connectivity index (χ3v) is 2.79. The van der Waals surface area contributed by atoms with Crippen LogP contribution < -0.4 is 5.32 Å². The van der Waals surface area contributed by atoms with Crippen molar-refractivity contribution in [2.75, 3.05) is 5.32 Å². The minimum atomic E-state index is -4.19. The molecule has 2 rings (SSSR count). The van der Waals surface area contributed by atoms with Crippen LogP contribution in [0.5, 0.6) is 0 Å². The molecule has 6 heteroatoms. The fourth-order valence-electron chi connectivity index (χ4n) is 1.98. The van der Waals surface area contributed by atoms with E-state index in [1.165, 1.54) is 6.92 Å². The lowest BCUT2D eigenvalue weighted by Gasteiger charge is -2.17. The molecule has 1 unspecified atom stereocenters. The number of hydrogen-bond donors (Lipinski definition) is 1. The van der Waals surface area contributed by atoms with Crippen LogP contribution in [0.4, 0.5) is 19.0 Å². The lowest BCUT2D eigenvalue weighted by Crippen LogP contribution is -2.24. The summed E-state index contributed by atoms with van der Waals surface area (Å²) in [4.78, 5) is 0. The Kier molecular flexibility index (Phi) is 3.59. The number of alkyl halides is 3. The van der Waals surface area contributed by atoms with Crippen LogP contribution in [0.25, 0.3) is 10.8 Å². The van der Waals surface area contributed by atoms with Gasteiger partial charge >= 0.3 is 6.18 Å². The number of nitrogens with one attached hydrogen (secondary N) is 1. The van der Waals surface area contributed by atoms with Gasteiger partial charge < -0.3 is 5.32 Å². The summed E-state index contributed by atoms with van der Waals surface area (Å²) in [7, 11) is 0. The number of aryl methyl sites for hydroxylation is 1. The molecule has 0 saturated carbocycles. The maximum Gasteiger partial charge on any atom is 0.391 e. The van der Waals surface area contributed by atoms with Gasteiger partial charge in [-0.25, -0.2) is 0 Å². The van der Waals surface area contributed by atoms with E-state index in [9.17, 15) is 13.2 Å². The summed E-state index contributed by atoms with van der Waals surface area (Å²) in [5.74, 6) is 0.387. The van der Waals surface area contributed by atoms with E-state index in [0.717, 1.165) is 16.5 Å². The lowest BCUT2D eigenvalue weighted by atomic mass is 10.1. The second kappa shape index (κ2) is 5.03. The number of halogens is 3. The van der Waals surface area contributed by atoms with E-state index in [4.69, 9.17) is 0 Å². The summed E-state index contributed by atoms with van der Waals surface area (Å²) >= 11 is 0. The van der Waals surface area contributed by atoms with Crippen LogP contribution in [0.15, 0.2) is 24.3 Å². The van der Waals surface area contributed by atoms with Crippen LogP contribution in [0.1, 0.15) is 19.0 Å². The number of anilines is 1. The van der Waals surface area contributed by atoms with Gasteiger partial charge in [-0.1, -0.05) is 24.3 Å². The first-order chi connectivity index (χ1) is 8.87. The van der Waals surface area contributed by atoms with Crippen LogP contribution in [-0.4, -0.2) is 22.4 Å². The highest BCUT2D eigenvalue weighted by Crippen LogP contribution is 2.26. The Balaban J connectivity index is 2.29. The van der Waals surface area contributed by atoms with Crippen molar-refractivity contribution in [1.82, 2.24) is 10.2 Å². The molecule has 0 aliphatic heterocycles. The zero-order valence-corrected chi connectivity index (χ0v) is 10.6. The van der Waals surface area contributed by atoms with Crippen molar-refractivity contribution in [2.45, 2.75) is 32.5 Å². The zero-order valence-electron chi connectivity index (χ0n) is 10.6. The molecule has 3 nitrogen and oxygen atoms in total. The largest absolute Gasteiger partial charge is 0.391 e. The van der Waals surface area contributed by atoms with E-state index in [1.807, 2.05) is 31.2 Å². The second-order valence-corrected chi connectivity index (χ2v) is 4.54. The van der Waals surface area contributed by atoms with E-state index < -0.39 is 18.6 Å². The van der Waals surface area contributed by atoms with Crippen molar-refractivity contribution in [3.63, 3.8) is 0 Å². The SMILES string of the molecule is Cc1nnc(NC(C)CC(F)(F)F)c2ccccc12. The summed E-state index contributed by atoms with van der Waals surface area (Å²) < 4.78 is 36.9. The van der Waals surface area contributed by atoms with Gasteiger partial charge in [0.1, 0.15) is 0 Å². The highest BCUT2D eigenvalue weighted by molar-refractivity contribution is 5.92. The summed E-state index contributed by atoms with van der Waals surface area (Å²) in [6, 6.07) is 6.63. The van der Waals surface area contributed by atoms with Gasteiger partial charge in [0.05, 0.1) is 12.1 Å². The van der Waals surface area contributed by atoms with E-state index in [0.29, 0.717) is 5.82 Å². The molecule has 1 atom stereocenters. The monoisotopic (exact) mass is 269 g/mol. The standard InChI is InChI=1S/C13H14F3N3/c1-8(7-13(14,15)16)17-12-11-6-4-3-5-10(11)9(2)18-19-12/h3-6,8H,7H2,1-2H3,(H,17,19). The average Bonchev–Trinajstić information content (AvgIpc) is 2.31. The molecule has 0 bridgehead atoms. The Hall–Kier alpha value is -1.85. The molecule has 0 aliphatic carbocycles. The van der Waals surface area contributed by atoms with Gasteiger partial charge in [-0.05, 0) is 13.8 Å². The topological polar surface area (TPSA) is 37.8 Å². The van der Waals surface area contributed by atoms with Gasteiger partial charge in [0.25, 0.3) is 0 Å². The molecule has 1 aromatic carbocycles. The van der Waals surface area contributed by atoms with Crippen molar-refractivity contribution in [3.8, 4) is 0 Å². The highest BCUT2D eigenvalue weighted by atomic mass is 19.4. The van der Waals surface area contributed by atoms with Crippen LogP contribution in [0, 0.1) is 6.92 Å². The Bertz CT molecular complexity index is 581. The fourth-order valence-corrected chi connectivity index (χ4v) is 1.98. The fraction of sp³-hybridized carbons (Fsp3) is 0.385. The van der Waals surface area contributed by atoms with E-state index in [1.54, 1.807) is 0 Å². The van der Waals surface area contributed by atoms with Gasteiger partial charge in [0, 0.05) is 16.8 Å². The third-order valence-electron chi connectivity index (χ3n) is 2.79. The molecule has 0 spiro atoms. The van der Waals surface area contributed by atoms with Gasteiger partial charge in [-0.15, -0.1) is 5.10 Å². The molecule has 2 aromatic rings. The molecule has 0 radical (unpaired) electrons. The minimum absolute atomic E-state index is 0.387. The normalized spacial score (nSPS) is 13.5. The number of fused-ring (bicyclic) bond motifs is 1. The average molecular weight is 269 g/mol. The summed E-state index contributed by atoms with van der Waals surface area (Å²) in [5.41, 5.74) is 0.754. The maximum absolute atomic E-state index is 12.3. The first kappa shape index (κ1) is 13.6. The van der Waals surface area contributed by atoms with Gasteiger partial charge in [-0.3, -0.25) is 0 Å². The number of aromatic nitrogens is 2. The highest BCUT2D eigenvalue weighted by Gasteiger charge is 2.30. The Morgan fingerprint density at radius 1 is 1.16 bits per heavy atom. The zero-order chi connectivity index (χ0) is 14.0. The quantitative estimate of drug-likeness (QED) is 0.923. The van der Waals surface area contributed by atoms with Crippen LogP contribution >= 0.6 is 0 Å². The summed E-state index contributed by atoms with van der Waals surface area (Å²) in [5, 5.41) is 12.4. The Morgan fingerprint density at radius 3 is 2.42 bits per heavy atom. The molecule has 1 N–H and O–H groups in total. The summed E-state index contributed by atoms with van der Waals surface area (Å²) in [6.07, 6.45) is -5.10. The van der Waals surface area contributed by atoms with Gasteiger partial charge in [-0.2, -0.15) is 18.3 Å². The molecule has 0 aliphatic rings. The molecule has 0 fully saturated rings. The summed E-state index contributed by atoms with van der Waals surface area (Å²) in [6.45, 7) is 3.29. The van der Waals surface area contributed by atoms with Crippen molar-refractivity contribution in [3.05, 3.63) is 30.0 Å². The third kappa shape index (κ3) is 3.33. The first-order valence-corrected chi connectivity index (χ1v) is 5.92. The smallest absolute Gasteiger partial charge is 0.365 e. The van der Waals surface area contributed by atoms with Crippen LogP contribution in [-0.2, 0) is 0 Å². The molecular weight excluding hydrogens is 255 g/mol. The first-order valence-electron chi connectivity index (χ1n) is 5.92. The minimum Gasteiger partial charge on any atom is -0.365 e. The van der Waals surface area contributed by atoms with Crippen molar-refractivity contribution >= 4 is 16.6 Å².